The van der Waals surface area contributed by atoms with Crippen LogP contribution in [0.5, 0.6) is 0 Å². The number of benzene rings is 1. The number of nitrogens with zero attached hydrogens (tertiary/aromatic N) is 1. The van der Waals surface area contributed by atoms with E-state index in [-0.39, 0.29) is 11.3 Å². The van der Waals surface area contributed by atoms with Gasteiger partial charge >= 0.3 is 5.97 Å². The lowest BCUT2D eigenvalue weighted by molar-refractivity contribution is 0.0697. The summed E-state index contributed by atoms with van der Waals surface area (Å²) in [6.45, 7) is 0. The zero-order valence-corrected chi connectivity index (χ0v) is 11.2. The van der Waals surface area contributed by atoms with Crippen LogP contribution in [0.3, 0.4) is 0 Å². The fourth-order valence-electron chi connectivity index (χ4n) is 1.60. The van der Waals surface area contributed by atoms with Crippen LogP contribution in [0.4, 0.5) is 5.69 Å². The largest absolute Gasteiger partial charge is 0.478 e. The van der Waals surface area contributed by atoms with Crippen molar-refractivity contribution in [3.05, 3.63) is 59.9 Å². The Kier molecular flexibility index (Phi) is 3.99. The zero-order valence-electron chi connectivity index (χ0n) is 10.4. The topological polar surface area (TPSA) is 96.4 Å². The van der Waals surface area contributed by atoms with Crippen molar-refractivity contribution in [3.8, 4) is 0 Å². The summed E-state index contributed by atoms with van der Waals surface area (Å²) in [4.78, 5) is 14.5. The molecule has 6 nitrogen and oxygen atoms in total. The predicted molar refractivity (Wildman–Crippen MR) is 73.9 cm³/mol. The molecule has 0 aliphatic carbocycles. The number of rotatable bonds is 5. The third kappa shape index (κ3) is 3.79. The number of carbonyl (C=O) groups is 1. The highest BCUT2D eigenvalue weighted by atomic mass is 32.2. The van der Waals surface area contributed by atoms with Gasteiger partial charge in [-0.2, -0.15) is 0 Å². The van der Waals surface area contributed by atoms with Crippen LogP contribution in [0.25, 0.3) is 0 Å². The molecule has 0 amide bonds. The molecule has 0 spiro atoms. The molecule has 0 aliphatic heterocycles. The van der Waals surface area contributed by atoms with Gasteiger partial charge in [-0.25, -0.2) is 13.2 Å². The van der Waals surface area contributed by atoms with Crippen LogP contribution >= 0.6 is 0 Å². The van der Waals surface area contributed by atoms with Crippen LogP contribution in [0.2, 0.25) is 0 Å². The molecule has 0 bridgehead atoms. The SMILES string of the molecule is O=C(O)c1ccc(CS(=O)(=O)Nc2cccnc2)cc1. The number of nitrogens with one attached hydrogen (secondary N) is 1. The number of anilines is 1. The van der Waals surface area contributed by atoms with E-state index in [4.69, 9.17) is 5.11 Å². The van der Waals surface area contributed by atoms with Gasteiger partial charge in [0.05, 0.1) is 23.2 Å². The van der Waals surface area contributed by atoms with Crippen molar-refractivity contribution in [2.24, 2.45) is 0 Å². The fraction of sp³-hybridized carbons (Fsp3) is 0.0769. The highest BCUT2D eigenvalue weighted by molar-refractivity contribution is 7.91. The number of aromatic nitrogens is 1. The molecule has 7 heteroatoms. The van der Waals surface area contributed by atoms with E-state index in [0.29, 0.717) is 11.3 Å². The highest BCUT2D eigenvalue weighted by Gasteiger charge is 2.12. The molecule has 1 aromatic carbocycles. The Labute approximate surface area is 116 Å². The van der Waals surface area contributed by atoms with Crippen LogP contribution < -0.4 is 4.72 Å². The Balaban J connectivity index is 2.10. The number of carboxylic acids is 1. The molecule has 0 saturated heterocycles. The monoisotopic (exact) mass is 292 g/mol. The van der Waals surface area contributed by atoms with E-state index in [1.54, 1.807) is 18.3 Å². The molecule has 0 fully saturated rings. The number of sulfonamides is 1. The summed E-state index contributed by atoms with van der Waals surface area (Å²) in [5, 5.41) is 8.77. The van der Waals surface area contributed by atoms with Gasteiger partial charge < -0.3 is 5.11 Å². The van der Waals surface area contributed by atoms with Gasteiger partial charge in [-0.1, -0.05) is 12.1 Å². The molecule has 20 heavy (non-hydrogen) atoms. The third-order valence-electron chi connectivity index (χ3n) is 2.49. The summed E-state index contributed by atoms with van der Waals surface area (Å²) in [5.41, 5.74) is 1.01. The number of hydrogen-bond acceptors (Lipinski definition) is 4. The van der Waals surface area contributed by atoms with Gasteiger partial charge in [0.1, 0.15) is 0 Å². The molecule has 2 rings (SSSR count). The second kappa shape index (κ2) is 5.70. The summed E-state index contributed by atoms with van der Waals surface area (Å²) in [5.74, 6) is -1.28. The number of carboxylic acid groups (broad SMARTS) is 1. The normalized spacial score (nSPS) is 11.0. The number of hydrogen-bond donors (Lipinski definition) is 2. The lowest BCUT2D eigenvalue weighted by Gasteiger charge is -2.07. The molecule has 0 unspecified atom stereocenters. The first-order valence-corrected chi connectivity index (χ1v) is 7.34. The van der Waals surface area contributed by atoms with Gasteiger partial charge in [0.15, 0.2) is 0 Å². The summed E-state index contributed by atoms with van der Waals surface area (Å²) < 4.78 is 26.3. The minimum Gasteiger partial charge on any atom is -0.478 e. The minimum atomic E-state index is -3.56. The first-order valence-electron chi connectivity index (χ1n) is 5.69. The van der Waals surface area contributed by atoms with Crippen LogP contribution in [-0.2, 0) is 15.8 Å². The van der Waals surface area contributed by atoms with Gasteiger partial charge in [0.25, 0.3) is 0 Å². The average Bonchev–Trinajstić information content (AvgIpc) is 2.39. The molecular weight excluding hydrogens is 280 g/mol. The summed E-state index contributed by atoms with van der Waals surface area (Å²) >= 11 is 0. The molecule has 1 heterocycles. The van der Waals surface area contributed by atoms with E-state index in [0.717, 1.165) is 0 Å². The molecule has 0 aliphatic rings. The lowest BCUT2D eigenvalue weighted by Crippen LogP contribution is -2.15. The van der Waals surface area contributed by atoms with E-state index in [9.17, 15) is 13.2 Å². The Morgan fingerprint density at radius 3 is 2.45 bits per heavy atom. The maximum absolute atomic E-state index is 11.9. The molecule has 0 atom stereocenters. The lowest BCUT2D eigenvalue weighted by atomic mass is 10.1. The van der Waals surface area contributed by atoms with Crippen LogP contribution in [-0.4, -0.2) is 24.5 Å². The molecular formula is C13H12N2O4S. The van der Waals surface area contributed by atoms with Crippen molar-refractivity contribution in [2.75, 3.05) is 4.72 Å². The second-order valence-electron chi connectivity index (χ2n) is 4.10. The predicted octanol–water partition coefficient (Wildman–Crippen LogP) is 1.72. The molecule has 1 aromatic heterocycles. The quantitative estimate of drug-likeness (QED) is 0.874. The Hall–Kier alpha value is -2.41. The number of aromatic carboxylic acids is 1. The first-order chi connectivity index (χ1) is 9.46. The zero-order chi connectivity index (χ0) is 14.6. The van der Waals surface area contributed by atoms with E-state index in [1.165, 1.54) is 30.5 Å². The van der Waals surface area contributed by atoms with Crippen LogP contribution in [0, 0.1) is 0 Å². The van der Waals surface area contributed by atoms with E-state index < -0.39 is 16.0 Å². The van der Waals surface area contributed by atoms with Crippen molar-refractivity contribution in [2.45, 2.75) is 5.75 Å². The van der Waals surface area contributed by atoms with Crippen molar-refractivity contribution in [3.63, 3.8) is 0 Å². The maximum Gasteiger partial charge on any atom is 0.335 e. The van der Waals surface area contributed by atoms with E-state index in [2.05, 4.69) is 9.71 Å². The van der Waals surface area contributed by atoms with Crippen molar-refractivity contribution >= 4 is 21.7 Å². The first kappa shape index (κ1) is 14.0. The van der Waals surface area contributed by atoms with Crippen LogP contribution in [0.1, 0.15) is 15.9 Å². The third-order valence-corrected chi connectivity index (χ3v) is 3.75. The Bertz CT molecular complexity index is 697. The molecule has 2 aromatic rings. The van der Waals surface area contributed by atoms with Gasteiger partial charge in [-0.3, -0.25) is 9.71 Å². The van der Waals surface area contributed by atoms with Gasteiger partial charge in [-0.05, 0) is 29.8 Å². The van der Waals surface area contributed by atoms with Gasteiger partial charge in [-0.15, -0.1) is 0 Å². The molecule has 104 valence electrons. The van der Waals surface area contributed by atoms with E-state index >= 15 is 0 Å². The Morgan fingerprint density at radius 2 is 1.90 bits per heavy atom. The standard InChI is InChI=1S/C13H12N2O4S/c16-13(17)11-5-3-10(4-6-11)9-20(18,19)15-12-2-1-7-14-8-12/h1-8,15H,9H2,(H,16,17). The summed E-state index contributed by atoms with van der Waals surface area (Å²) in [6.07, 6.45) is 2.95. The van der Waals surface area contributed by atoms with Gasteiger partial charge in [0.2, 0.25) is 10.0 Å². The van der Waals surface area contributed by atoms with Crippen LogP contribution in [0.15, 0.2) is 48.8 Å². The Morgan fingerprint density at radius 1 is 1.20 bits per heavy atom. The average molecular weight is 292 g/mol. The van der Waals surface area contributed by atoms with Crippen molar-refractivity contribution < 1.29 is 18.3 Å². The van der Waals surface area contributed by atoms with Gasteiger partial charge in [0, 0.05) is 6.20 Å². The maximum atomic E-state index is 11.9. The molecule has 0 saturated carbocycles. The smallest absolute Gasteiger partial charge is 0.335 e. The summed E-state index contributed by atoms with van der Waals surface area (Å²) in [6, 6.07) is 8.92. The molecule has 0 radical (unpaired) electrons. The van der Waals surface area contributed by atoms with Crippen molar-refractivity contribution in [1.29, 1.82) is 0 Å². The second-order valence-corrected chi connectivity index (χ2v) is 5.83. The highest BCUT2D eigenvalue weighted by Crippen LogP contribution is 2.12. The fourth-order valence-corrected chi connectivity index (χ4v) is 2.79. The number of pyridine rings is 1. The minimum absolute atomic E-state index is 0.117. The molecule has 2 N–H and O–H groups in total. The van der Waals surface area contributed by atoms with E-state index in [1.807, 2.05) is 0 Å². The van der Waals surface area contributed by atoms with Crippen molar-refractivity contribution in [1.82, 2.24) is 4.98 Å². The summed E-state index contributed by atoms with van der Waals surface area (Å²) in [7, 11) is -3.56.